The maximum atomic E-state index is 12.8. The summed E-state index contributed by atoms with van der Waals surface area (Å²) in [7, 11) is 1.64. The van der Waals surface area contributed by atoms with E-state index in [-0.39, 0.29) is 34.0 Å². The van der Waals surface area contributed by atoms with Crippen LogP contribution in [-0.4, -0.2) is 98.6 Å². The molecule has 6 N–H and O–H groups in total. The predicted octanol–water partition coefficient (Wildman–Crippen LogP) is 9.62. The summed E-state index contributed by atoms with van der Waals surface area (Å²) in [6.07, 6.45) is 8.90. The van der Waals surface area contributed by atoms with Crippen molar-refractivity contribution in [2.75, 3.05) is 66.2 Å². The first-order valence-corrected chi connectivity index (χ1v) is 30.1. The normalized spacial score (nSPS) is 17.6. The van der Waals surface area contributed by atoms with Gasteiger partial charge in [0.15, 0.2) is 0 Å². The van der Waals surface area contributed by atoms with Gasteiger partial charge in [-0.2, -0.15) is 0 Å². The van der Waals surface area contributed by atoms with Crippen LogP contribution in [0.4, 0.5) is 0 Å². The van der Waals surface area contributed by atoms with Gasteiger partial charge in [0.2, 0.25) is 17.7 Å². The monoisotopic (exact) mass is 1210 g/mol. The van der Waals surface area contributed by atoms with E-state index in [0.29, 0.717) is 45.5 Å². The molecule has 0 saturated carbocycles. The van der Waals surface area contributed by atoms with Crippen molar-refractivity contribution in [1.82, 2.24) is 14.7 Å². The number of likely N-dealkylation sites (tertiary alicyclic amines) is 3. The van der Waals surface area contributed by atoms with Crippen LogP contribution in [0.2, 0.25) is 0 Å². The zero-order valence-electron chi connectivity index (χ0n) is 47.2. The van der Waals surface area contributed by atoms with Crippen LogP contribution in [0.3, 0.4) is 0 Å². The van der Waals surface area contributed by atoms with Crippen molar-refractivity contribution in [2.24, 2.45) is 17.2 Å². The fraction of sp³-hybridized carbons (Fsp3) is 0.418. The van der Waals surface area contributed by atoms with Crippen molar-refractivity contribution in [3.05, 3.63) is 187 Å². The summed E-state index contributed by atoms with van der Waals surface area (Å²) >= 11 is 2.31. The van der Waals surface area contributed by atoms with E-state index in [1.54, 1.807) is 7.11 Å². The van der Waals surface area contributed by atoms with Gasteiger partial charge in [-0.3, -0.25) is 14.4 Å². The second kappa shape index (κ2) is 25.8. The molecule has 6 aromatic carbocycles. The molecule has 426 valence electrons. The number of ether oxygens (including phenoxy) is 4. The standard InChI is InChI=1S/C23H28N2O2.C22H25IN2O2.C22H26N2O3/c1-17-3-2-4-18(13-17)6-8-22(26)25-11-9-23(10-12-25)16-27-21-7-5-19(15-24)14-20(21)23;23-18-3-1-2-16(12-18)5-7-21(26)25-10-8-22(9-11-25)15-27-20-6-4-17(14-24)13-19(20)22;1-26-18-4-2-3-16(11-18)13-21(25)24-9-7-22(8-10-24)15-27-20-6-5-17(14-23)12-19(20)22/h2-5,7,13-14H,6,8-12,15-16,24H2,1H3;1-4,6,12-13H,5,7-11,14-15,24H2;2-6,11-12H,7-10,13-15,23H2,1H3. The van der Waals surface area contributed by atoms with E-state index < -0.39 is 0 Å². The van der Waals surface area contributed by atoms with Crippen molar-refractivity contribution < 1.29 is 33.3 Å². The van der Waals surface area contributed by atoms with E-state index in [9.17, 15) is 14.4 Å². The number of benzene rings is 6. The lowest BCUT2D eigenvalue weighted by Gasteiger charge is -2.38. The van der Waals surface area contributed by atoms with E-state index in [0.717, 1.165) is 149 Å². The highest BCUT2D eigenvalue weighted by Gasteiger charge is 2.46. The molecular weight excluding hydrogens is 1130 g/mol. The molecule has 3 spiro atoms. The first-order valence-electron chi connectivity index (χ1n) is 29.0. The number of hydrogen-bond acceptors (Lipinski definition) is 10. The minimum atomic E-state index is 0.0211. The van der Waals surface area contributed by atoms with E-state index >= 15 is 0 Å². The summed E-state index contributed by atoms with van der Waals surface area (Å²) in [6, 6.07) is 43.4. The molecule has 6 aromatic rings. The van der Waals surface area contributed by atoms with Crippen LogP contribution >= 0.6 is 22.6 Å². The maximum Gasteiger partial charge on any atom is 0.226 e. The Bertz CT molecular complexity index is 3050. The molecule has 3 amide bonds. The molecule has 0 atom stereocenters. The van der Waals surface area contributed by atoms with E-state index in [4.69, 9.17) is 36.1 Å². The average molecular weight is 1210 g/mol. The van der Waals surface area contributed by atoms with Crippen molar-refractivity contribution in [1.29, 1.82) is 0 Å². The molecule has 12 rings (SSSR count). The van der Waals surface area contributed by atoms with Crippen LogP contribution in [0.15, 0.2) is 127 Å². The van der Waals surface area contributed by atoms with Gasteiger partial charge in [-0.1, -0.05) is 90.5 Å². The summed E-state index contributed by atoms with van der Waals surface area (Å²) in [6.45, 7) is 10.6. The second-order valence-electron chi connectivity index (χ2n) is 23.1. The Morgan fingerprint density at radius 3 is 1.28 bits per heavy atom. The largest absolute Gasteiger partial charge is 0.497 e. The molecule has 14 heteroatoms. The number of carbonyl (C=O) groups excluding carboxylic acids is 3. The molecule has 0 aliphatic carbocycles. The van der Waals surface area contributed by atoms with Gasteiger partial charge in [-0.15, -0.1) is 0 Å². The number of carbonyl (C=O) groups is 3. The first kappa shape index (κ1) is 57.8. The van der Waals surface area contributed by atoms with Crippen LogP contribution < -0.4 is 36.1 Å². The Balaban J connectivity index is 0.000000136. The summed E-state index contributed by atoms with van der Waals surface area (Å²) in [5, 5.41) is 0. The summed E-state index contributed by atoms with van der Waals surface area (Å²) in [4.78, 5) is 44.2. The molecule has 6 heterocycles. The van der Waals surface area contributed by atoms with Crippen LogP contribution in [0.25, 0.3) is 0 Å². The second-order valence-corrected chi connectivity index (χ2v) is 24.3. The number of nitrogens with zero attached hydrogens (tertiary/aromatic N) is 3. The third-order valence-corrected chi connectivity index (χ3v) is 18.7. The predicted molar refractivity (Wildman–Crippen MR) is 326 cm³/mol. The highest BCUT2D eigenvalue weighted by molar-refractivity contribution is 14.1. The van der Waals surface area contributed by atoms with E-state index in [1.165, 1.54) is 37.0 Å². The van der Waals surface area contributed by atoms with Gasteiger partial charge in [0.1, 0.15) is 23.0 Å². The minimum Gasteiger partial charge on any atom is -0.497 e. The smallest absolute Gasteiger partial charge is 0.226 e. The van der Waals surface area contributed by atoms with Crippen LogP contribution in [0.1, 0.15) is 107 Å². The average Bonchev–Trinajstić information content (AvgIpc) is 4.22. The van der Waals surface area contributed by atoms with Gasteiger partial charge in [0.25, 0.3) is 0 Å². The quantitative estimate of drug-likeness (QED) is 0.100. The molecule has 0 unspecified atom stereocenters. The number of aryl methyl sites for hydroxylation is 3. The Hall–Kier alpha value is -6.46. The zero-order valence-corrected chi connectivity index (χ0v) is 49.4. The van der Waals surface area contributed by atoms with E-state index in [2.05, 4.69) is 96.2 Å². The number of hydrogen-bond donors (Lipinski definition) is 3. The first-order chi connectivity index (χ1) is 39.3. The summed E-state index contributed by atoms with van der Waals surface area (Å²) in [5.41, 5.74) is 29.6. The molecule has 0 bridgehead atoms. The van der Waals surface area contributed by atoms with Gasteiger partial charge in [-0.05, 0) is 157 Å². The van der Waals surface area contributed by atoms with Crippen LogP contribution in [0, 0.1) is 10.5 Å². The molecule has 3 saturated heterocycles. The van der Waals surface area contributed by atoms with Gasteiger partial charge in [-0.25, -0.2) is 0 Å². The Morgan fingerprint density at radius 2 is 0.877 bits per heavy atom. The van der Waals surface area contributed by atoms with Crippen molar-refractivity contribution in [2.45, 2.75) is 113 Å². The topological polar surface area (TPSA) is 176 Å². The fourth-order valence-electron chi connectivity index (χ4n) is 12.9. The van der Waals surface area contributed by atoms with Gasteiger partial charge >= 0.3 is 0 Å². The number of halogens is 1. The molecule has 0 radical (unpaired) electrons. The Kier molecular flexibility index (Phi) is 18.4. The maximum absolute atomic E-state index is 12.8. The fourth-order valence-corrected chi connectivity index (χ4v) is 13.5. The third kappa shape index (κ3) is 13.2. The van der Waals surface area contributed by atoms with Crippen molar-refractivity contribution >= 4 is 40.3 Å². The molecular formula is C67H79IN6O7. The minimum absolute atomic E-state index is 0.0211. The van der Waals surface area contributed by atoms with Crippen molar-refractivity contribution in [3.63, 3.8) is 0 Å². The molecule has 6 aliphatic heterocycles. The lowest BCUT2D eigenvalue weighted by molar-refractivity contribution is -0.133. The number of nitrogens with two attached hydrogens (primary N) is 3. The van der Waals surface area contributed by atoms with E-state index in [1.807, 2.05) is 75.4 Å². The van der Waals surface area contributed by atoms with Gasteiger partial charge in [0, 0.05) is 108 Å². The molecule has 3 fully saturated rings. The number of fused-ring (bicyclic) bond motifs is 6. The van der Waals surface area contributed by atoms with Crippen LogP contribution in [-0.2, 0) is 69.5 Å². The lowest BCUT2D eigenvalue weighted by atomic mass is 9.74. The SMILES string of the molecule is COc1cccc(CC(=O)N2CCC3(CC2)COc2ccc(CN)cc23)c1.Cc1cccc(CCC(=O)N2CCC3(CC2)COc2ccc(CN)cc23)c1.NCc1ccc2c(c1)C1(CCN(C(=O)CCc3cccc(I)c3)CC1)CO2. The zero-order chi connectivity index (χ0) is 56.6. The van der Waals surface area contributed by atoms with Gasteiger partial charge < -0.3 is 50.8 Å². The van der Waals surface area contributed by atoms with Crippen LogP contribution in [0.5, 0.6) is 23.0 Å². The third-order valence-electron chi connectivity index (χ3n) is 18.0. The molecule has 13 nitrogen and oxygen atoms in total. The van der Waals surface area contributed by atoms with Crippen molar-refractivity contribution in [3.8, 4) is 23.0 Å². The highest BCUT2D eigenvalue weighted by atomic mass is 127. The highest BCUT2D eigenvalue weighted by Crippen LogP contribution is 2.48. The Labute approximate surface area is 492 Å². The van der Waals surface area contributed by atoms with Gasteiger partial charge in [0.05, 0.1) is 33.4 Å². The Morgan fingerprint density at radius 1 is 0.481 bits per heavy atom. The summed E-state index contributed by atoms with van der Waals surface area (Å²) < 4.78 is 24.3. The lowest BCUT2D eigenvalue weighted by Crippen LogP contribution is -2.46. The molecule has 6 aliphatic rings. The molecule has 0 aromatic heterocycles. The number of rotatable bonds is 12. The number of amides is 3. The summed E-state index contributed by atoms with van der Waals surface area (Å²) in [5.74, 6) is 4.45. The number of methoxy groups -OCH3 is 1. The number of piperidine rings is 3. The molecule has 81 heavy (non-hydrogen) atoms.